The van der Waals surface area contributed by atoms with Crippen molar-refractivity contribution in [2.24, 2.45) is 5.92 Å². The molecule has 1 heterocycles. The number of anilines is 1. The van der Waals surface area contributed by atoms with Crippen LogP contribution in [-0.4, -0.2) is 24.6 Å². The predicted molar refractivity (Wildman–Crippen MR) is 70.1 cm³/mol. The molecule has 17 heavy (non-hydrogen) atoms. The molecule has 2 aliphatic carbocycles. The number of hydrogen-bond donors (Lipinski definition) is 1. The van der Waals surface area contributed by atoms with Crippen molar-refractivity contribution >= 4 is 5.82 Å². The van der Waals surface area contributed by atoms with Crippen LogP contribution in [0.4, 0.5) is 5.82 Å². The second kappa shape index (κ2) is 4.65. The van der Waals surface area contributed by atoms with Gasteiger partial charge in [-0.2, -0.15) is 0 Å². The van der Waals surface area contributed by atoms with E-state index in [1.165, 1.54) is 43.6 Å². The molecule has 2 aliphatic rings. The van der Waals surface area contributed by atoms with E-state index < -0.39 is 0 Å². The van der Waals surface area contributed by atoms with Gasteiger partial charge in [0.2, 0.25) is 0 Å². The summed E-state index contributed by atoms with van der Waals surface area (Å²) in [6, 6.07) is 5.00. The molecule has 2 saturated carbocycles. The molecule has 1 aromatic rings. The second-order valence-corrected chi connectivity index (χ2v) is 5.34. The summed E-state index contributed by atoms with van der Waals surface area (Å²) in [4.78, 5) is 7.19. The van der Waals surface area contributed by atoms with Gasteiger partial charge in [-0.3, -0.25) is 0 Å². The van der Waals surface area contributed by atoms with Crippen LogP contribution in [0.3, 0.4) is 0 Å². The molecule has 0 atom stereocenters. The van der Waals surface area contributed by atoms with E-state index >= 15 is 0 Å². The van der Waals surface area contributed by atoms with Crippen molar-refractivity contribution in [2.45, 2.75) is 38.3 Å². The van der Waals surface area contributed by atoms with Crippen molar-refractivity contribution in [3.8, 4) is 0 Å². The summed E-state index contributed by atoms with van der Waals surface area (Å²) in [5.41, 5.74) is 1.34. The fourth-order valence-corrected chi connectivity index (χ4v) is 2.39. The lowest BCUT2D eigenvalue weighted by atomic mass is 10.2. The monoisotopic (exact) mass is 231 g/mol. The Morgan fingerprint density at radius 2 is 2.18 bits per heavy atom. The third kappa shape index (κ3) is 2.60. The first kappa shape index (κ1) is 11.0. The van der Waals surface area contributed by atoms with Gasteiger partial charge in [0.25, 0.3) is 0 Å². The van der Waals surface area contributed by atoms with Crippen LogP contribution >= 0.6 is 0 Å². The van der Waals surface area contributed by atoms with Gasteiger partial charge >= 0.3 is 0 Å². The maximum Gasteiger partial charge on any atom is 0.133 e. The maximum absolute atomic E-state index is 4.63. The van der Waals surface area contributed by atoms with Crippen LogP contribution in [0.2, 0.25) is 0 Å². The SMILES string of the molecule is CNCc1cccnc1N(CC1CC1)C1CC1. The van der Waals surface area contributed by atoms with Crippen molar-refractivity contribution in [1.29, 1.82) is 0 Å². The lowest BCUT2D eigenvalue weighted by Gasteiger charge is -2.25. The summed E-state index contributed by atoms with van der Waals surface area (Å²) < 4.78 is 0. The van der Waals surface area contributed by atoms with Gasteiger partial charge in [0.05, 0.1) is 0 Å². The van der Waals surface area contributed by atoms with Crippen LogP contribution in [0.5, 0.6) is 0 Å². The molecule has 0 unspecified atom stereocenters. The molecule has 0 bridgehead atoms. The molecule has 1 aromatic heterocycles. The van der Waals surface area contributed by atoms with Crippen molar-refractivity contribution in [1.82, 2.24) is 10.3 Å². The molecular weight excluding hydrogens is 210 g/mol. The standard InChI is InChI=1S/C14H21N3/c1-15-9-12-3-2-8-16-14(12)17(13-6-7-13)10-11-4-5-11/h2-3,8,11,13,15H,4-7,9-10H2,1H3. The molecule has 2 fully saturated rings. The van der Waals surface area contributed by atoms with Gasteiger partial charge in [-0.15, -0.1) is 0 Å². The van der Waals surface area contributed by atoms with Gasteiger partial charge in [0, 0.05) is 30.9 Å². The Labute approximate surface area is 103 Å². The Bertz CT molecular complexity index is 383. The Morgan fingerprint density at radius 3 is 2.82 bits per heavy atom. The number of nitrogens with one attached hydrogen (secondary N) is 1. The fraction of sp³-hybridized carbons (Fsp3) is 0.643. The largest absolute Gasteiger partial charge is 0.353 e. The molecule has 0 spiro atoms. The van der Waals surface area contributed by atoms with E-state index in [-0.39, 0.29) is 0 Å². The summed E-state index contributed by atoms with van der Waals surface area (Å²) in [7, 11) is 2.00. The van der Waals surface area contributed by atoms with Crippen LogP contribution in [0.15, 0.2) is 18.3 Å². The molecule has 3 heteroatoms. The highest BCUT2D eigenvalue weighted by Gasteiger charge is 2.35. The fourth-order valence-electron chi connectivity index (χ4n) is 2.39. The second-order valence-electron chi connectivity index (χ2n) is 5.34. The first-order valence-electron chi connectivity index (χ1n) is 6.73. The van der Waals surface area contributed by atoms with Crippen molar-refractivity contribution in [3.05, 3.63) is 23.9 Å². The zero-order valence-electron chi connectivity index (χ0n) is 10.5. The highest BCUT2D eigenvalue weighted by Crippen LogP contribution is 2.37. The summed E-state index contributed by atoms with van der Waals surface area (Å²) in [5, 5.41) is 3.24. The van der Waals surface area contributed by atoms with Gasteiger partial charge in [-0.05, 0) is 44.7 Å². The predicted octanol–water partition coefficient (Wildman–Crippen LogP) is 2.18. The molecule has 0 saturated heterocycles. The molecular formula is C14H21N3. The zero-order valence-corrected chi connectivity index (χ0v) is 10.5. The molecule has 0 aromatic carbocycles. The van der Waals surface area contributed by atoms with Crippen LogP contribution in [0.25, 0.3) is 0 Å². The average molecular weight is 231 g/mol. The normalized spacial score (nSPS) is 19.4. The highest BCUT2D eigenvalue weighted by molar-refractivity contribution is 5.49. The molecule has 1 N–H and O–H groups in total. The Morgan fingerprint density at radius 1 is 1.35 bits per heavy atom. The molecule has 3 rings (SSSR count). The summed E-state index contributed by atoms with van der Waals surface area (Å²) >= 11 is 0. The van der Waals surface area contributed by atoms with E-state index in [4.69, 9.17) is 0 Å². The molecule has 3 nitrogen and oxygen atoms in total. The Hall–Kier alpha value is -1.09. The molecule has 0 radical (unpaired) electrons. The third-order valence-electron chi connectivity index (χ3n) is 3.65. The van der Waals surface area contributed by atoms with Gasteiger partial charge < -0.3 is 10.2 Å². The van der Waals surface area contributed by atoms with Crippen molar-refractivity contribution in [2.75, 3.05) is 18.5 Å². The number of rotatable bonds is 6. The van der Waals surface area contributed by atoms with E-state index in [1.807, 2.05) is 19.3 Å². The van der Waals surface area contributed by atoms with Crippen LogP contribution in [-0.2, 0) is 6.54 Å². The molecule has 0 aliphatic heterocycles. The first-order chi connectivity index (χ1) is 8.38. The minimum atomic E-state index is 0.765. The van der Waals surface area contributed by atoms with E-state index in [0.29, 0.717) is 0 Å². The Kier molecular flexibility index (Phi) is 3.02. The van der Waals surface area contributed by atoms with Crippen LogP contribution in [0, 0.1) is 5.92 Å². The quantitative estimate of drug-likeness (QED) is 0.813. The van der Waals surface area contributed by atoms with Gasteiger partial charge in [-0.25, -0.2) is 4.98 Å². The van der Waals surface area contributed by atoms with Crippen molar-refractivity contribution < 1.29 is 0 Å². The molecule has 0 amide bonds. The zero-order chi connectivity index (χ0) is 11.7. The minimum absolute atomic E-state index is 0.765. The highest BCUT2D eigenvalue weighted by atomic mass is 15.2. The average Bonchev–Trinajstić information content (AvgIpc) is 3.21. The van der Waals surface area contributed by atoms with Crippen LogP contribution in [0.1, 0.15) is 31.2 Å². The lowest BCUT2D eigenvalue weighted by molar-refractivity contribution is 0.697. The van der Waals surface area contributed by atoms with E-state index in [1.54, 1.807) is 0 Å². The maximum atomic E-state index is 4.63. The molecule has 92 valence electrons. The number of nitrogens with zero attached hydrogens (tertiary/aromatic N) is 2. The number of hydrogen-bond acceptors (Lipinski definition) is 3. The van der Waals surface area contributed by atoms with Crippen molar-refractivity contribution in [3.63, 3.8) is 0 Å². The summed E-state index contributed by atoms with van der Waals surface area (Å²) in [6.45, 7) is 2.13. The topological polar surface area (TPSA) is 28.2 Å². The Balaban J connectivity index is 1.82. The van der Waals surface area contributed by atoms with Crippen LogP contribution < -0.4 is 10.2 Å². The van der Waals surface area contributed by atoms with Gasteiger partial charge in [-0.1, -0.05) is 6.07 Å². The van der Waals surface area contributed by atoms with E-state index in [9.17, 15) is 0 Å². The summed E-state index contributed by atoms with van der Waals surface area (Å²) in [6.07, 6.45) is 7.45. The van der Waals surface area contributed by atoms with E-state index in [2.05, 4.69) is 21.3 Å². The minimum Gasteiger partial charge on any atom is -0.353 e. The first-order valence-corrected chi connectivity index (χ1v) is 6.73. The lowest BCUT2D eigenvalue weighted by Crippen LogP contribution is -2.30. The smallest absolute Gasteiger partial charge is 0.133 e. The number of aromatic nitrogens is 1. The van der Waals surface area contributed by atoms with Gasteiger partial charge in [0.1, 0.15) is 5.82 Å². The third-order valence-corrected chi connectivity index (χ3v) is 3.65. The number of pyridine rings is 1. The van der Waals surface area contributed by atoms with E-state index in [0.717, 1.165) is 18.5 Å². The summed E-state index contributed by atoms with van der Waals surface area (Å²) in [5.74, 6) is 2.15. The van der Waals surface area contributed by atoms with Gasteiger partial charge in [0.15, 0.2) is 0 Å².